The van der Waals surface area contributed by atoms with Crippen molar-refractivity contribution in [3.8, 4) is 0 Å². The van der Waals surface area contributed by atoms with Gasteiger partial charge in [0.25, 0.3) is 5.91 Å². The Morgan fingerprint density at radius 3 is 2.56 bits per heavy atom. The van der Waals surface area contributed by atoms with Gasteiger partial charge in [-0.3, -0.25) is 4.79 Å². The van der Waals surface area contributed by atoms with Gasteiger partial charge in [0.05, 0.1) is 10.9 Å². The van der Waals surface area contributed by atoms with Crippen LogP contribution in [0.5, 0.6) is 0 Å². The molecular formula is C15H17NOS. The summed E-state index contributed by atoms with van der Waals surface area (Å²) in [6.07, 6.45) is 0.889. The van der Waals surface area contributed by atoms with Gasteiger partial charge in [0.2, 0.25) is 0 Å². The second-order valence-electron chi connectivity index (χ2n) is 4.32. The second-order valence-corrected chi connectivity index (χ2v) is 5.27. The minimum absolute atomic E-state index is 0.0115. The minimum atomic E-state index is 0.0115. The van der Waals surface area contributed by atoms with E-state index in [4.69, 9.17) is 0 Å². The fraction of sp³-hybridized carbons (Fsp3) is 0.267. The van der Waals surface area contributed by atoms with Crippen LogP contribution in [-0.2, 0) is 0 Å². The fourth-order valence-corrected chi connectivity index (χ4v) is 2.48. The van der Waals surface area contributed by atoms with Crippen LogP contribution in [0.2, 0.25) is 0 Å². The van der Waals surface area contributed by atoms with Crippen molar-refractivity contribution in [3.05, 3.63) is 57.8 Å². The highest BCUT2D eigenvalue weighted by Gasteiger charge is 2.14. The van der Waals surface area contributed by atoms with Gasteiger partial charge < -0.3 is 5.32 Å². The van der Waals surface area contributed by atoms with E-state index in [1.165, 1.54) is 16.9 Å². The third kappa shape index (κ3) is 2.99. The van der Waals surface area contributed by atoms with E-state index in [0.29, 0.717) is 0 Å². The molecule has 0 radical (unpaired) electrons. The molecule has 0 unspecified atom stereocenters. The first-order chi connectivity index (χ1) is 8.70. The van der Waals surface area contributed by atoms with E-state index in [-0.39, 0.29) is 11.9 Å². The van der Waals surface area contributed by atoms with Gasteiger partial charge in [-0.2, -0.15) is 0 Å². The number of carbonyl (C=O) groups is 1. The SMILES string of the molecule is CC[C@@H](NC(=O)c1cccs1)c1ccc(C)cc1. The molecule has 0 fully saturated rings. The number of hydrogen-bond acceptors (Lipinski definition) is 2. The summed E-state index contributed by atoms with van der Waals surface area (Å²) in [6.45, 7) is 4.15. The summed E-state index contributed by atoms with van der Waals surface area (Å²) in [4.78, 5) is 12.8. The van der Waals surface area contributed by atoms with Crippen molar-refractivity contribution in [2.24, 2.45) is 0 Å². The Morgan fingerprint density at radius 1 is 1.28 bits per heavy atom. The molecule has 0 aliphatic rings. The number of aryl methyl sites for hydroxylation is 1. The smallest absolute Gasteiger partial charge is 0.261 e. The molecule has 0 spiro atoms. The number of hydrogen-bond donors (Lipinski definition) is 1. The standard InChI is InChI=1S/C15H17NOS/c1-3-13(12-8-6-11(2)7-9-12)16-15(17)14-5-4-10-18-14/h4-10,13H,3H2,1-2H3,(H,16,17)/t13-/m1/s1. The van der Waals surface area contributed by atoms with Crippen LogP contribution in [0, 0.1) is 6.92 Å². The van der Waals surface area contributed by atoms with Gasteiger partial charge in [0, 0.05) is 0 Å². The molecule has 0 bridgehead atoms. The summed E-state index contributed by atoms with van der Waals surface area (Å²) >= 11 is 1.47. The molecule has 18 heavy (non-hydrogen) atoms. The lowest BCUT2D eigenvalue weighted by Gasteiger charge is -2.17. The summed E-state index contributed by atoms with van der Waals surface area (Å²) in [5.41, 5.74) is 2.39. The molecule has 2 rings (SSSR count). The highest BCUT2D eigenvalue weighted by atomic mass is 32.1. The van der Waals surface area contributed by atoms with Gasteiger partial charge in [-0.15, -0.1) is 11.3 Å². The molecule has 0 saturated heterocycles. The molecule has 0 saturated carbocycles. The van der Waals surface area contributed by atoms with E-state index in [1.54, 1.807) is 0 Å². The van der Waals surface area contributed by atoms with E-state index in [1.807, 2.05) is 17.5 Å². The molecule has 2 aromatic rings. The van der Waals surface area contributed by atoms with E-state index in [9.17, 15) is 4.79 Å². The molecule has 3 heteroatoms. The molecule has 1 aromatic carbocycles. The number of carbonyl (C=O) groups excluding carboxylic acids is 1. The van der Waals surface area contributed by atoms with Gasteiger partial charge in [-0.1, -0.05) is 42.8 Å². The van der Waals surface area contributed by atoms with Crippen LogP contribution in [0.3, 0.4) is 0 Å². The number of thiophene rings is 1. The summed E-state index contributed by atoms with van der Waals surface area (Å²) in [5.74, 6) is 0.0115. The molecule has 94 valence electrons. The Bertz CT molecular complexity index is 502. The molecule has 0 aliphatic carbocycles. The van der Waals surface area contributed by atoms with Crippen molar-refractivity contribution >= 4 is 17.2 Å². The molecular weight excluding hydrogens is 242 g/mol. The Balaban J connectivity index is 2.10. The Morgan fingerprint density at radius 2 is 2.00 bits per heavy atom. The van der Waals surface area contributed by atoms with Crippen molar-refractivity contribution in [1.82, 2.24) is 5.32 Å². The van der Waals surface area contributed by atoms with Crippen LogP contribution in [0.15, 0.2) is 41.8 Å². The summed E-state index contributed by atoms with van der Waals surface area (Å²) < 4.78 is 0. The molecule has 1 N–H and O–H groups in total. The second kappa shape index (κ2) is 5.83. The lowest BCUT2D eigenvalue weighted by atomic mass is 10.0. The predicted octanol–water partition coefficient (Wildman–Crippen LogP) is 3.94. The summed E-state index contributed by atoms with van der Waals surface area (Å²) in [6, 6.07) is 12.1. The van der Waals surface area contributed by atoms with E-state index < -0.39 is 0 Å². The molecule has 1 heterocycles. The highest BCUT2D eigenvalue weighted by Crippen LogP contribution is 2.18. The monoisotopic (exact) mass is 259 g/mol. The first kappa shape index (κ1) is 12.8. The maximum atomic E-state index is 12.0. The van der Waals surface area contributed by atoms with Gasteiger partial charge in [-0.25, -0.2) is 0 Å². The van der Waals surface area contributed by atoms with Crippen LogP contribution in [0.4, 0.5) is 0 Å². The van der Waals surface area contributed by atoms with E-state index >= 15 is 0 Å². The number of amides is 1. The van der Waals surface area contributed by atoms with Crippen molar-refractivity contribution in [2.45, 2.75) is 26.3 Å². The van der Waals surface area contributed by atoms with E-state index in [2.05, 4.69) is 43.4 Å². The quantitative estimate of drug-likeness (QED) is 0.885. The Hall–Kier alpha value is -1.61. The summed E-state index contributed by atoms with van der Waals surface area (Å²) in [5, 5.41) is 4.99. The molecule has 1 aromatic heterocycles. The normalized spacial score (nSPS) is 12.1. The van der Waals surface area contributed by atoms with E-state index in [0.717, 1.165) is 16.9 Å². The van der Waals surface area contributed by atoms with Gasteiger partial charge in [-0.05, 0) is 30.4 Å². The molecule has 0 aliphatic heterocycles. The van der Waals surface area contributed by atoms with Crippen LogP contribution >= 0.6 is 11.3 Å². The zero-order chi connectivity index (χ0) is 13.0. The summed E-state index contributed by atoms with van der Waals surface area (Å²) in [7, 11) is 0. The maximum absolute atomic E-state index is 12.0. The highest BCUT2D eigenvalue weighted by molar-refractivity contribution is 7.12. The molecule has 1 atom stereocenters. The Labute approximate surface area is 112 Å². The van der Waals surface area contributed by atoms with Gasteiger partial charge in [0.1, 0.15) is 0 Å². The zero-order valence-electron chi connectivity index (χ0n) is 10.6. The zero-order valence-corrected chi connectivity index (χ0v) is 11.5. The third-order valence-corrected chi connectivity index (χ3v) is 3.81. The van der Waals surface area contributed by atoms with Crippen molar-refractivity contribution in [3.63, 3.8) is 0 Å². The lowest BCUT2D eigenvalue weighted by molar-refractivity contribution is 0.0939. The van der Waals surface area contributed by atoms with Crippen LogP contribution < -0.4 is 5.32 Å². The van der Waals surface area contributed by atoms with Gasteiger partial charge >= 0.3 is 0 Å². The van der Waals surface area contributed by atoms with Crippen molar-refractivity contribution in [2.75, 3.05) is 0 Å². The lowest BCUT2D eigenvalue weighted by Crippen LogP contribution is -2.27. The molecule has 2 nitrogen and oxygen atoms in total. The molecule has 1 amide bonds. The fourth-order valence-electron chi connectivity index (χ4n) is 1.86. The largest absolute Gasteiger partial charge is 0.345 e. The van der Waals surface area contributed by atoms with Crippen LogP contribution in [0.1, 0.15) is 40.2 Å². The van der Waals surface area contributed by atoms with Crippen molar-refractivity contribution < 1.29 is 4.79 Å². The first-order valence-electron chi connectivity index (χ1n) is 6.11. The average Bonchev–Trinajstić information content (AvgIpc) is 2.91. The average molecular weight is 259 g/mol. The minimum Gasteiger partial charge on any atom is -0.345 e. The van der Waals surface area contributed by atoms with Gasteiger partial charge in [0.15, 0.2) is 0 Å². The maximum Gasteiger partial charge on any atom is 0.261 e. The number of nitrogens with one attached hydrogen (secondary N) is 1. The van der Waals surface area contributed by atoms with Crippen molar-refractivity contribution in [1.29, 1.82) is 0 Å². The number of rotatable bonds is 4. The Kier molecular flexibility index (Phi) is 4.15. The number of benzene rings is 1. The topological polar surface area (TPSA) is 29.1 Å². The predicted molar refractivity (Wildman–Crippen MR) is 76.0 cm³/mol. The third-order valence-electron chi connectivity index (χ3n) is 2.94. The van der Waals surface area contributed by atoms with Crippen LogP contribution in [-0.4, -0.2) is 5.91 Å². The van der Waals surface area contributed by atoms with Crippen LogP contribution in [0.25, 0.3) is 0 Å². The first-order valence-corrected chi connectivity index (χ1v) is 6.99.